The molecule has 0 bridgehead atoms. The minimum Gasteiger partial charge on any atom is -0.493 e. The average Bonchev–Trinajstić information content (AvgIpc) is 2.47. The zero-order chi connectivity index (χ0) is 15.0. The Morgan fingerprint density at radius 3 is 2.35 bits per heavy atom. The second-order valence-corrected chi connectivity index (χ2v) is 6.40. The fourth-order valence-corrected chi connectivity index (χ4v) is 3.52. The van der Waals surface area contributed by atoms with Crippen molar-refractivity contribution in [3.05, 3.63) is 23.8 Å². The molecule has 0 N–H and O–H groups in total. The van der Waals surface area contributed by atoms with E-state index in [2.05, 4.69) is 41.9 Å². The second-order valence-electron chi connectivity index (χ2n) is 5.22. The summed E-state index contributed by atoms with van der Waals surface area (Å²) in [5.41, 5.74) is 1.29. The van der Waals surface area contributed by atoms with Gasteiger partial charge in [0.15, 0.2) is 11.5 Å². The first-order chi connectivity index (χ1) is 9.65. The molecule has 2 nitrogen and oxygen atoms in total. The highest BCUT2D eigenvalue weighted by Crippen LogP contribution is 2.31. The summed E-state index contributed by atoms with van der Waals surface area (Å²) in [5.74, 6) is 2.34. The van der Waals surface area contributed by atoms with E-state index < -0.39 is 0 Å². The summed E-state index contributed by atoms with van der Waals surface area (Å²) in [5, 5.41) is 0. The Morgan fingerprint density at radius 1 is 1.10 bits per heavy atom. The van der Waals surface area contributed by atoms with Crippen LogP contribution in [0.2, 0.25) is 0 Å². The lowest BCUT2D eigenvalue weighted by atomic mass is 9.92. The summed E-state index contributed by atoms with van der Waals surface area (Å²) >= 11 is 3.88. The van der Waals surface area contributed by atoms with Crippen LogP contribution in [0.25, 0.3) is 0 Å². The summed E-state index contributed by atoms with van der Waals surface area (Å²) in [7, 11) is 3.35. The molecule has 0 aromatic heterocycles. The van der Waals surface area contributed by atoms with Gasteiger partial charge in [-0.05, 0) is 36.5 Å². The van der Waals surface area contributed by atoms with E-state index in [1.807, 2.05) is 6.07 Å². The van der Waals surface area contributed by atoms with E-state index in [4.69, 9.17) is 9.47 Å². The molecule has 2 atom stereocenters. The molecule has 0 saturated heterocycles. The highest BCUT2D eigenvalue weighted by molar-refractivity contribution is 9.09. The van der Waals surface area contributed by atoms with Gasteiger partial charge in [0.25, 0.3) is 0 Å². The fourth-order valence-electron chi connectivity index (χ4n) is 2.51. The van der Waals surface area contributed by atoms with Crippen LogP contribution in [0, 0.1) is 5.92 Å². The van der Waals surface area contributed by atoms with Crippen molar-refractivity contribution < 1.29 is 9.47 Å². The van der Waals surface area contributed by atoms with Gasteiger partial charge in [-0.3, -0.25) is 0 Å². The van der Waals surface area contributed by atoms with Gasteiger partial charge < -0.3 is 9.47 Å². The smallest absolute Gasteiger partial charge is 0.160 e. The number of halogens is 1. The van der Waals surface area contributed by atoms with Crippen LogP contribution in [0.15, 0.2) is 18.2 Å². The van der Waals surface area contributed by atoms with Crippen LogP contribution in [-0.4, -0.2) is 19.0 Å². The van der Waals surface area contributed by atoms with E-state index in [1.165, 1.54) is 31.2 Å². The van der Waals surface area contributed by atoms with Gasteiger partial charge in [-0.25, -0.2) is 0 Å². The number of benzene rings is 1. The number of methoxy groups -OCH3 is 2. The normalized spacial score (nSPS) is 13.8. The van der Waals surface area contributed by atoms with Crippen LogP contribution in [0.1, 0.15) is 45.1 Å². The maximum absolute atomic E-state index is 5.37. The zero-order valence-corrected chi connectivity index (χ0v) is 14.7. The van der Waals surface area contributed by atoms with Crippen molar-refractivity contribution in [1.29, 1.82) is 0 Å². The standard InChI is InChI=1S/C17H27BrO2/c1-5-7-8-14(6-2)15(18)11-13-9-10-16(19-3)17(12-13)20-4/h9-10,12,14-15H,5-8,11H2,1-4H3. The van der Waals surface area contributed by atoms with E-state index in [0.717, 1.165) is 23.8 Å². The Labute approximate surface area is 132 Å². The number of hydrogen-bond acceptors (Lipinski definition) is 2. The van der Waals surface area contributed by atoms with E-state index in [-0.39, 0.29) is 0 Å². The molecule has 1 aromatic rings. The third kappa shape index (κ3) is 5.01. The molecule has 2 unspecified atom stereocenters. The van der Waals surface area contributed by atoms with Gasteiger partial charge in [-0.15, -0.1) is 0 Å². The number of rotatable bonds is 9. The van der Waals surface area contributed by atoms with Crippen molar-refractivity contribution in [1.82, 2.24) is 0 Å². The van der Waals surface area contributed by atoms with Crippen molar-refractivity contribution in [3.63, 3.8) is 0 Å². The molecule has 1 aromatic carbocycles. The van der Waals surface area contributed by atoms with E-state index in [9.17, 15) is 0 Å². The Morgan fingerprint density at radius 2 is 1.80 bits per heavy atom. The summed E-state index contributed by atoms with van der Waals surface area (Å²) < 4.78 is 10.7. The summed E-state index contributed by atoms with van der Waals surface area (Å²) in [4.78, 5) is 0.525. The lowest BCUT2D eigenvalue weighted by Crippen LogP contribution is -2.16. The van der Waals surface area contributed by atoms with Crippen molar-refractivity contribution in [3.8, 4) is 11.5 Å². The van der Waals surface area contributed by atoms with Gasteiger partial charge in [-0.2, -0.15) is 0 Å². The van der Waals surface area contributed by atoms with Crippen LogP contribution in [0.3, 0.4) is 0 Å². The van der Waals surface area contributed by atoms with Crippen LogP contribution >= 0.6 is 15.9 Å². The molecule has 3 heteroatoms. The van der Waals surface area contributed by atoms with E-state index in [0.29, 0.717) is 4.83 Å². The van der Waals surface area contributed by atoms with Crippen LogP contribution in [0.5, 0.6) is 11.5 Å². The van der Waals surface area contributed by atoms with Crippen LogP contribution in [-0.2, 0) is 6.42 Å². The molecule has 20 heavy (non-hydrogen) atoms. The topological polar surface area (TPSA) is 18.5 Å². The van der Waals surface area contributed by atoms with Crippen molar-refractivity contribution in [2.75, 3.05) is 14.2 Å². The third-order valence-electron chi connectivity index (χ3n) is 3.84. The lowest BCUT2D eigenvalue weighted by molar-refractivity contribution is 0.354. The largest absolute Gasteiger partial charge is 0.493 e. The minimum atomic E-state index is 0.525. The molecular weight excluding hydrogens is 316 g/mol. The first-order valence-corrected chi connectivity index (χ1v) is 8.42. The van der Waals surface area contributed by atoms with Crippen LogP contribution in [0.4, 0.5) is 0 Å². The first kappa shape index (κ1) is 17.4. The van der Waals surface area contributed by atoms with Gasteiger partial charge in [-0.1, -0.05) is 55.1 Å². The Hall–Kier alpha value is -0.700. The number of alkyl halides is 1. The quantitative estimate of drug-likeness (QED) is 0.572. The fraction of sp³-hybridized carbons (Fsp3) is 0.647. The Balaban J connectivity index is 2.71. The first-order valence-electron chi connectivity index (χ1n) is 7.51. The molecular formula is C17H27BrO2. The monoisotopic (exact) mass is 342 g/mol. The van der Waals surface area contributed by atoms with E-state index in [1.54, 1.807) is 14.2 Å². The molecule has 0 aliphatic heterocycles. The molecule has 0 aliphatic rings. The average molecular weight is 343 g/mol. The summed E-state index contributed by atoms with van der Waals surface area (Å²) in [6.45, 7) is 4.54. The molecule has 0 saturated carbocycles. The molecule has 0 heterocycles. The van der Waals surface area contributed by atoms with Crippen molar-refractivity contribution in [2.24, 2.45) is 5.92 Å². The summed E-state index contributed by atoms with van der Waals surface area (Å²) in [6, 6.07) is 6.20. The molecule has 0 radical (unpaired) electrons. The lowest BCUT2D eigenvalue weighted by Gasteiger charge is -2.21. The Kier molecular flexibility index (Phi) is 8.05. The zero-order valence-electron chi connectivity index (χ0n) is 13.1. The van der Waals surface area contributed by atoms with Gasteiger partial charge >= 0.3 is 0 Å². The van der Waals surface area contributed by atoms with Crippen LogP contribution < -0.4 is 9.47 Å². The van der Waals surface area contributed by atoms with Gasteiger partial charge in [0, 0.05) is 4.83 Å². The molecule has 114 valence electrons. The number of hydrogen-bond donors (Lipinski definition) is 0. The highest BCUT2D eigenvalue weighted by atomic mass is 79.9. The Bertz CT molecular complexity index is 393. The van der Waals surface area contributed by atoms with Gasteiger partial charge in [0.05, 0.1) is 14.2 Å². The number of unbranched alkanes of at least 4 members (excludes halogenated alkanes) is 1. The molecule has 0 spiro atoms. The van der Waals surface area contributed by atoms with Crippen molar-refractivity contribution >= 4 is 15.9 Å². The third-order valence-corrected chi connectivity index (χ3v) is 4.91. The molecule has 0 amide bonds. The van der Waals surface area contributed by atoms with E-state index >= 15 is 0 Å². The second kappa shape index (κ2) is 9.28. The maximum atomic E-state index is 5.37. The highest BCUT2D eigenvalue weighted by Gasteiger charge is 2.17. The SMILES string of the molecule is CCCCC(CC)C(Br)Cc1ccc(OC)c(OC)c1. The number of ether oxygens (including phenoxy) is 2. The molecule has 0 aliphatic carbocycles. The minimum absolute atomic E-state index is 0.525. The van der Waals surface area contributed by atoms with Gasteiger partial charge in [0.2, 0.25) is 0 Å². The van der Waals surface area contributed by atoms with Crippen molar-refractivity contribution in [2.45, 2.75) is 50.8 Å². The maximum Gasteiger partial charge on any atom is 0.160 e. The summed E-state index contributed by atoms with van der Waals surface area (Å²) in [6.07, 6.45) is 6.14. The molecule has 1 rings (SSSR count). The van der Waals surface area contributed by atoms with Gasteiger partial charge in [0.1, 0.15) is 0 Å². The predicted octanol–water partition coefficient (Wildman–Crippen LogP) is 5.23. The predicted molar refractivity (Wildman–Crippen MR) is 89.3 cm³/mol. The molecule has 0 fully saturated rings.